The highest BCUT2D eigenvalue weighted by Crippen LogP contribution is 2.41. The molecule has 3 aromatic rings. The second-order valence-electron chi connectivity index (χ2n) is 5.28. The van der Waals surface area contributed by atoms with Crippen LogP contribution in [0.2, 0.25) is 0 Å². The number of ether oxygens (including phenoxy) is 2. The molecule has 1 aliphatic rings. The molecule has 0 saturated carbocycles. The Kier molecular flexibility index (Phi) is 2.86. The summed E-state index contributed by atoms with van der Waals surface area (Å²) in [5.41, 5.74) is 2.39. The van der Waals surface area contributed by atoms with Gasteiger partial charge in [-0.3, -0.25) is 0 Å². The van der Waals surface area contributed by atoms with E-state index in [4.69, 9.17) is 9.47 Å². The molecule has 0 radical (unpaired) electrons. The van der Waals surface area contributed by atoms with E-state index in [0.29, 0.717) is 11.3 Å². The summed E-state index contributed by atoms with van der Waals surface area (Å²) in [7, 11) is 1.56. The molecule has 4 rings (SSSR count). The van der Waals surface area contributed by atoms with E-state index in [2.05, 4.69) is 18.2 Å². The van der Waals surface area contributed by atoms with Crippen molar-refractivity contribution in [2.75, 3.05) is 7.11 Å². The molecule has 0 bridgehead atoms. The lowest BCUT2D eigenvalue weighted by atomic mass is 9.94. The normalized spacial score (nSPS) is 16.4. The Hall–Kier alpha value is -2.81. The lowest BCUT2D eigenvalue weighted by Gasteiger charge is -2.14. The molecule has 3 aromatic carbocycles. The van der Waals surface area contributed by atoms with E-state index in [1.54, 1.807) is 13.2 Å². The van der Waals surface area contributed by atoms with E-state index in [-0.39, 0.29) is 12.1 Å². The molecule has 22 heavy (non-hydrogen) atoms. The maximum absolute atomic E-state index is 12.3. The standard InChI is InChI=1S/C19H14O3/c1-21-16-11-5-10-15-17(16)19(20)22-18(15)14-9-4-7-12-6-2-3-8-13(12)14/h2-11,18H,1H3/t18-/m1/s1. The Morgan fingerprint density at radius 2 is 1.64 bits per heavy atom. The van der Waals surface area contributed by atoms with Crippen molar-refractivity contribution in [3.8, 4) is 5.75 Å². The van der Waals surface area contributed by atoms with Gasteiger partial charge in [-0.1, -0.05) is 54.6 Å². The van der Waals surface area contributed by atoms with Crippen molar-refractivity contribution in [1.29, 1.82) is 0 Å². The Balaban J connectivity index is 1.94. The topological polar surface area (TPSA) is 35.5 Å². The SMILES string of the molecule is COc1cccc2c1C(=O)O[C@@H]2c1cccc2ccccc12. The largest absolute Gasteiger partial charge is 0.496 e. The Morgan fingerprint density at radius 3 is 2.50 bits per heavy atom. The van der Waals surface area contributed by atoms with Crippen LogP contribution in [-0.4, -0.2) is 13.1 Å². The van der Waals surface area contributed by atoms with Gasteiger partial charge < -0.3 is 9.47 Å². The third kappa shape index (κ3) is 1.79. The molecule has 0 saturated heterocycles. The third-order valence-corrected chi connectivity index (χ3v) is 4.10. The number of rotatable bonds is 2. The lowest BCUT2D eigenvalue weighted by molar-refractivity contribution is 0.0456. The molecule has 0 spiro atoms. The van der Waals surface area contributed by atoms with Crippen LogP contribution in [0.3, 0.4) is 0 Å². The Bertz CT molecular complexity index is 877. The third-order valence-electron chi connectivity index (χ3n) is 4.10. The summed E-state index contributed by atoms with van der Waals surface area (Å²) in [6.07, 6.45) is -0.385. The molecule has 1 aliphatic heterocycles. The summed E-state index contributed by atoms with van der Waals surface area (Å²) in [6, 6.07) is 19.8. The van der Waals surface area contributed by atoms with Crippen LogP contribution < -0.4 is 4.74 Å². The van der Waals surface area contributed by atoms with E-state index in [0.717, 1.165) is 21.9 Å². The van der Waals surface area contributed by atoms with Crippen LogP contribution in [0.4, 0.5) is 0 Å². The molecule has 108 valence electrons. The highest BCUT2D eigenvalue weighted by Gasteiger charge is 2.35. The number of benzene rings is 3. The van der Waals surface area contributed by atoms with Crippen molar-refractivity contribution >= 4 is 16.7 Å². The van der Waals surface area contributed by atoms with Crippen molar-refractivity contribution in [2.24, 2.45) is 0 Å². The molecule has 1 atom stereocenters. The smallest absolute Gasteiger partial charge is 0.343 e. The van der Waals surface area contributed by atoms with Crippen LogP contribution in [0, 0.1) is 0 Å². The molecule has 3 nitrogen and oxygen atoms in total. The highest BCUT2D eigenvalue weighted by atomic mass is 16.6. The molecule has 0 aromatic heterocycles. The van der Waals surface area contributed by atoms with Crippen LogP contribution in [-0.2, 0) is 4.74 Å². The summed E-state index contributed by atoms with van der Waals surface area (Å²) in [6.45, 7) is 0. The second-order valence-corrected chi connectivity index (χ2v) is 5.28. The number of fused-ring (bicyclic) bond motifs is 2. The highest BCUT2D eigenvalue weighted by molar-refractivity contribution is 5.98. The van der Waals surface area contributed by atoms with Gasteiger partial charge in [0, 0.05) is 11.1 Å². The van der Waals surface area contributed by atoms with Crippen LogP contribution in [0.25, 0.3) is 10.8 Å². The zero-order valence-corrected chi connectivity index (χ0v) is 12.1. The number of cyclic esters (lactones) is 1. The van der Waals surface area contributed by atoms with Gasteiger partial charge in [0.25, 0.3) is 0 Å². The number of carbonyl (C=O) groups excluding carboxylic acids is 1. The fourth-order valence-corrected chi connectivity index (χ4v) is 3.09. The summed E-state index contributed by atoms with van der Waals surface area (Å²) < 4.78 is 10.9. The molecule has 1 heterocycles. The first-order valence-electron chi connectivity index (χ1n) is 7.15. The number of esters is 1. The summed E-state index contributed by atoms with van der Waals surface area (Å²) in [5.74, 6) is 0.232. The van der Waals surface area contributed by atoms with Crippen LogP contribution in [0.5, 0.6) is 5.75 Å². The quantitative estimate of drug-likeness (QED) is 0.666. The minimum Gasteiger partial charge on any atom is -0.496 e. The first-order valence-corrected chi connectivity index (χ1v) is 7.15. The van der Waals surface area contributed by atoms with E-state index in [1.165, 1.54) is 0 Å². The predicted octanol–water partition coefficient (Wildman–Crippen LogP) is 4.11. The zero-order chi connectivity index (χ0) is 15.1. The number of hydrogen-bond donors (Lipinski definition) is 0. The number of carbonyl (C=O) groups is 1. The Labute approximate surface area is 128 Å². The fourth-order valence-electron chi connectivity index (χ4n) is 3.09. The average molecular weight is 290 g/mol. The summed E-state index contributed by atoms with van der Waals surface area (Å²) in [4.78, 5) is 12.3. The van der Waals surface area contributed by atoms with Gasteiger partial charge in [-0.2, -0.15) is 0 Å². The molecule has 0 aliphatic carbocycles. The van der Waals surface area contributed by atoms with Crippen molar-refractivity contribution in [3.05, 3.63) is 77.4 Å². The molecule has 0 unspecified atom stereocenters. The van der Waals surface area contributed by atoms with Gasteiger partial charge in [0.1, 0.15) is 11.3 Å². The van der Waals surface area contributed by atoms with E-state index in [1.807, 2.05) is 36.4 Å². The monoisotopic (exact) mass is 290 g/mol. The summed E-state index contributed by atoms with van der Waals surface area (Å²) >= 11 is 0. The van der Waals surface area contributed by atoms with Crippen molar-refractivity contribution in [1.82, 2.24) is 0 Å². The van der Waals surface area contributed by atoms with Crippen molar-refractivity contribution in [2.45, 2.75) is 6.10 Å². The molecule has 3 heteroatoms. The second kappa shape index (κ2) is 4.88. The van der Waals surface area contributed by atoms with Gasteiger partial charge in [-0.05, 0) is 16.8 Å². The maximum Gasteiger partial charge on any atom is 0.343 e. The molecule has 0 fully saturated rings. The van der Waals surface area contributed by atoms with Gasteiger partial charge in [0.2, 0.25) is 0 Å². The first-order chi connectivity index (χ1) is 10.8. The van der Waals surface area contributed by atoms with E-state index >= 15 is 0 Å². The average Bonchev–Trinajstić information content (AvgIpc) is 2.91. The summed E-state index contributed by atoms with van der Waals surface area (Å²) in [5, 5.41) is 2.23. The van der Waals surface area contributed by atoms with E-state index in [9.17, 15) is 4.79 Å². The van der Waals surface area contributed by atoms with Crippen LogP contribution in [0.1, 0.15) is 27.6 Å². The molecular formula is C19H14O3. The van der Waals surface area contributed by atoms with Gasteiger partial charge in [-0.25, -0.2) is 4.79 Å². The zero-order valence-electron chi connectivity index (χ0n) is 12.1. The van der Waals surface area contributed by atoms with Gasteiger partial charge >= 0.3 is 5.97 Å². The number of methoxy groups -OCH3 is 1. The van der Waals surface area contributed by atoms with Gasteiger partial charge in [0.05, 0.1) is 7.11 Å². The Morgan fingerprint density at radius 1 is 0.909 bits per heavy atom. The van der Waals surface area contributed by atoms with Crippen LogP contribution in [0.15, 0.2) is 60.7 Å². The van der Waals surface area contributed by atoms with Gasteiger partial charge in [0.15, 0.2) is 6.10 Å². The fraction of sp³-hybridized carbons (Fsp3) is 0.105. The molecule has 0 N–H and O–H groups in total. The minimum absolute atomic E-state index is 0.328. The predicted molar refractivity (Wildman–Crippen MR) is 84.2 cm³/mol. The van der Waals surface area contributed by atoms with E-state index < -0.39 is 0 Å². The maximum atomic E-state index is 12.3. The lowest BCUT2D eigenvalue weighted by Crippen LogP contribution is -2.01. The first kappa shape index (κ1) is 12.9. The number of hydrogen-bond acceptors (Lipinski definition) is 3. The van der Waals surface area contributed by atoms with Crippen molar-refractivity contribution in [3.63, 3.8) is 0 Å². The van der Waals surface area contributed by atoms with Crippen LogP contribution >= 0.6 is 0 Å². The molecule has 0 amide bonds. The van der Waals surface area contributed by atoms with Crippen molar-refractivity contribution < 1.29 is 14.3 Å². The molecular weight excluding hydrogens is 276 g/mol. The minimum atomic E-state index is -0.385. The van der Waals surface area contributed by atoms with Gasteiger partial charge in [-0.15, -0.1) is 0 Å².